The summed E-state index contributed by atoms with van der Waals surface area (Å²) >= 11 is 0. The molecule has 0 aliphatic heterocycles. The van der Waals surface area contributed by atoms with Crippen LogP contribution in [0.4, 0.5) is 11.4 Å². The zero-order chi connectivity index (χ0) is 19.3. The van der Waals surface area contributed by atoms with E-state index in [2.05, 4.69) is 31.9 Å². The fourth-order valence-corrected chi connectivity index (χ4v) is 2.39. The molecule has 0 fully saturated rings. The molecular formula is C18H21N7O2. The second kappa shape index (κ2) is 11.3. The molecule has 0 unspecified atom stereocenters. The van der Waals surface area contributed by atoms with Gasteiger partial charge in [0.25, 0.3) is 0 Å². The second-order valence-corrected chi connectivity index (χ2v) is 5.50. The van der Waals surface area contributed by atoms with E-state index in [4.69, 9.17) is 20.5 Å². The predicted molar refractivity (Wildman–Crippen MR) is 104 cm³/mol. The molecule has 0 saturated heterocycles. The van der Waals surface area contributed by atoms with Crippen molar-refractivity contribution in [2.75, 3.05) is 32.8 Å². The standard InChI is InChI=1S/C18H21N7O2/c1-2-25(9-11-26-17-7-3-5-15(13-17)21-23-19)10-12-27-18-8-4-6-16(14-18)22-24-20/h3-8,13-14H,2,9-12H2,1H3. The van der Waals surface area contributed by atoms with Crippen molar-refractivity contribution in [2.24, 2.45) is 10.2 Å². The van der Waals surface area contributed by atoms with Crippen LogP contribution in [0, 0.1) is 0 Å². The van der Waals surface area contributed by atoms with Gasteiger partial charge in [0.15, 0.2) is 0 Å². The Morgan fingerprint density at radius 2 is 1.33 bits per heavy atom. The lowest BCUT2D eigenvalue weighted by Crippen LogP contribution is -2.32. The molecule has 2 aromatic rings. The molecule has 0 aromatic heterocycles. The van der Waals surface area contributed by atoms with Gasteiger partial charge in [-0.15, -0.1) is 0 Å². The van der Waals surface area contributed by atoms with Crippen LogP contribution < -0.4 is 9.47 Å². The van der Waals surface area contributed by atoms with Gasteiger partial charge in [-0.2, -0.15) is 0 Å². The van der Waals surface area contributed by atoms with Gasteiger partial charge in [-0.05, 0) is 41.9 Å². The van der Waals surface area contributed by atoms with E-state index < -0.39 is 0 Å². The lowest BCUT2D eigenvalue weighted by Gasteiger charge is -2.20. The quantitative estimate of drug-likeness (QED) is 0.302. The molecule has 0 N–H and O–H groups in total. The molecule has 140 valence electrons. The Labute approximate surface area is 157 Å². The topological polar surface area (TPSA) is 119 Å². The summed E-state index contributed by atoms with van der Waals surface area (Å²) in [6, 6.07) is 14.1. The van der Waals surface area contributed by atoms with E-state index in [-0.39, 0.29) is 0 Å². The average molecular weight is 367 g/mol. The number of benzene rings is 2. The maximum Gasteiger partial charge on any atom is 0.119 e. The SMILES string of the molecule is CCN(CCOc1cccc(N=[N+]=[N-])c1)CCOc1cccc(N=[N+]=[N-])c1. The molecule has 0 aliphatic rings. The summed E-state index contributed by atoms with van der Waals surface area (Å²) in [5.74, 6) is 1.34. The third-order valence-electron chi connectivity index (χ3n) is 3.76. The van der Waals surface area contributed by atoms with E-state index in [1.54, 1.807) is 36.4 Å². The number of azide groups is 2. The number of rotatable bonds is 11. The van der Waals surface area contributed by atoms with Crippen LogP contribution in [-0.2, 0) is 0 Å². The molecule has 2 aromatic carbocycles. The lowest BCUT2D eigenvalue weighted by atomic mass is 10.3. The van der Waals surface area contributed by atoms with Gasteiger partial charge in [0.2, 0.25) is 0 Å². The van der Waals surface area contributed by atoms with Crippen molar-refractivity contribution in [2.45, 2.75) is 6.92 Å². The van der Waals surface area contributed by atoms with Crippen LogP contribution in [0.5, 0.6) is 11.5 Å². The van der Waals surface area contributed by atoms with Crippen LogP contribution in [0.25, 0.3) is 20.9 Å². The average Bonchev–Trinajstić information content (AvgIpc) is 2.68. The zero-order valence-corrected chi connectivity index (χ0v) is 15.1. The molecule has 0 atom stereocenters. The first kappa shape index (κ1) is 19.9. The number of ether oxygens (including phenoxy) is 2. The van der Waals surface area contributed by atoms with Gasteiger partial charge in [0.05, 0.1) is 0 Å². The van der Waals surface area contributed by atoms with Crippen LogP contribution >= 0.6 is 0 Å². The van der Waals surface area contributed by atoms with E-state index in [1.807, 2.05) is 12.1 Å². The number of likely N-dealkylation sites (N-methyl/N-ethyl adjacent to an activating group) is 1. The first-order valence-electron chi connectivity index (χ1n) is 8.53. The molecule has 0 bridgehead atoms. The molecule has 9 heteroatoms. The molecule has 0 saturated carbocycles. The van der Waals surface area contributed by atoms with Gasteiger partial charge in [0, 0.05) is 34.3 Å². The first-order valence-corrected chi connectivity index (χ1v) is 8.53. The Balaban J connectivity index is 1.75. The fourth-order valence-electron chi connectivity index (χ4n) is 2.39. The molecular weight excluding hydrogens is 346 g/mol. The minimum Gasteiger partial charge on any atom is -0.492 e. The van der Waals surface area contributed by atoms with Gasteiger partial charge in [-0.1, -0.05) is 41.4 Å². The molecule has 0 heterocycles. The molecule has 9 nitrogen and oxygen atoms in total. The van der Waals surface area contributed by atoms with E-state index >= 15 is 0 Å². The van der Waals surface area contributed by atoms with Crippen LogP contribution in [0.3, 0.4) is 0 Å². The Morgan fingerprint density at radius 1 is 0.852 bits per heavy atom. The minimum atomic E-state index is 0.514. The summed E-state index contributed by atoms with van der Waals surface area (Å²) in [6.07, 6.45) is 0. The number of hydrogen-bond donors (Lipinski definition) is 0. The highest BCUT2D eigenvalue weighted by atomic mass is 16.5. The zero-order valence-electron chi connectivity index (χ0n) is 15.1. The van der Waals surface area contributed by atoms with Crippen LogP contribution in [0.2, 0.25) is 0 Å². The Kier molecular flexibility index (Phi) is 8.33. The van der Waals surface area contributed by atoms with Crippen LogP contribution in [-0.4, -0.2) is 37.7 Å². The highest BCUT2D eigenvalue weighted by molar-refractivity contribution is 5.43. The van der Waals surface area contributed by atoms with Gasteiger partial charge in [0.1, 0.15) is 24.7 Å². The second-order valence-electron chi connectivity index (χ2n) is 5.50. The van der Waals surface area contributed by atoms with Crippen molar-refractivity contribution in [3.05, 3.63) is 69.4 Å². The maximum atomic E-state index is 8.48. The van der Waals surface area contributed by atoms with Crippen molar-refractivity contribution >= 4 is 11.4 Å². The third-order valence-corrected chi connectivity index (χ3v) is 3.76. The fraction of sp³-hybridized carbons (Fsp3) is 0.333. The minimum absolute atomic E-state index is 0.514. The van der Waals surface area contributed by atoms with E-state index in [9.17, 15) is 0 Å². The number of hydrogen-bond acceptors (Lipinski definition) is 5. The molecule has 0 radical (unpaired) electrons. The van der Waals surface area contributed by atoms with Crippen LogP contribution in [0.1, 0.15) is 6.92 Å². The smallest absolute Gasteiger partial charge is 0.119 e. The largest absolute Gasteiger partial charge is 0.492 e. The van der Waals surface area contributed by atoms with Gasteiger partial charge < -0.3 is 9.47 Å². The van der Waals surface area contributed by atoms with Gasteiger partial charge in [-0.3, -0.25) is 4.90 Å². The van der Waals surface area contributed by atoms with E-state index in [0.717, 1.165) is 19.6 Å². The molecule has 27 heavy (non-hydrogen) atoms. The Morgan fingerprint density at radius 3 is 1.74 bits per heavy atom. The van der Waals surface area contributed by atoms with Crippen molar-refractivity contribution in [3.8, 4) is 11.5 Å². The van der Waals surface area contributed by atoms with Gasteiger partial charge in [-0.25, -0.2) is 0 Å². The Hall–Kier alpha value is -3.38. The predicted octanol–water partition coefficient (Wildman–Crippen LogP) is 5.35. The van der Waals surface area contributed by atoms with Crippen LogP contribution in [0.15, 0.2) is 58.8 Å². The van der Waals surface area contributed by atoms with Crippen molar-refractivity contribution in [1.29, 1.82) is 0 Å². The van der Waals surface area contributed by atoms with Crippen molar-refractivity contribution in [1.82, 2.24) is 4.90 Å². The highest BCUT2D eigenvalue weighted by Gasteiger charge is 2.04. The number of nitrogens with zero attached hydrogens (tertiary/aromatic N) is 7. The monoisotopic (exact) mass is 367 g/mol. The summed E-state index contributed by atoms with van der Waals surface area (Å²) in [6.45, 7) is 5.45. The molecule has 0 spiro atoms. The third kappa shape index (κ3) is 7.17. The molecule has 0 aliphatic carbocycles. The van der Waals surface area contributed by atoms with E-state index in [0.29, 0.717) is 36.1 Å². The lowest BCUT2D eigenvalue weighted by molar-refractivity contribution is 0.182. The summed E-state index contributed by atoms with van der Waals surface area (Å²) in [5.41, 5.74) is 18.0. The maximum absolute atomic E-state index is 8.48. The molecule has 2 rings (SSSR count). The summed E-state index contributed by atoms with van der Waals surface area (Å²) < 4.78 is 11.4. The highest BCUT2D eigenvalue weighted by Crippen LogP contribution is 2.21. The van der Waals surface area contributed by atoms with Crippen molar-refractivity contribution in [3.63, 3.8) is 0 Å². The summed E-state index contributed by atoms with van der Waals surface area (Å²) in [4.78, 5) is 7.74. The first-order chi connectivity index (χ1) is 13.2. The molecule has 0 amide bonds. The van der Waals surface area contributed by atoms with Crippen molar-refractivity contribution < 1.29 is 9.47 Å². The van der Waals surface area contributed by atoms with E-state index in [1.165, 1.54) is 0 Å². The summed E-state index contributed by atoms with van der Waals surface area (Å²) in [7, 11) is 0. The normalized spacial score (nSPS) is 10.0. The van der Waals surface area contributed by atoms with Gasteiger partial charge >= 0.3 is 0 Å². The Bertz CT molecular complexity index is 762. The summed E-state index contributed by atoms with van der Waals surface area (Å²) in [5, 5.41) is 7.12.